The van der Waals surface area contributed by atoms with Crippen LogP contribution in [0.2, 0.25) is 5.02 Å². The molecule has 0 radical (unpaired) electrons. The molecule has 2 aromatic rings. The molecule has 18 heavy (non-hydrogen) atoms. The van der Waals surface area contributed by atoms with Crippen molar-refractivity contribution in [2.24, 2.45) is 0 Å². The van der Waals surface area contributed by atoms with Gasteiger partial charge in [0.2, 0.25) is 0 Å². The SMILES string of the molecule is OC(Cc1cc(Br)ccc1F)c1ccc(Cl)cc1. The Labute approximate surface area is 118 Å². The fourth-order valence-corrected chi connectivity index (χ4v) is 2.25. The first-order valence-corrected chi connectivity index (χ1v) is 6.61. The Balaban J connectivity index is 2.18. The standard InChI is InChI=1S/C14H11BrClFO/c15-11-3-6-13(17)10(7-11)8-14(18)9-1-4-12(16)5-2-9/h1-7,14,18H,8H2. The third kappa shape index (κ3) is 3.31. The average Bonchev–Trinajstić information content (AvgIpc) is 2.34. The van der Waals surface area contributed by atoms with E-state index in [1.54, 1.807) is 36.4 Å². The molecule has 0 aliphatic carbocycles. The monoisotopic (exact) mass is 328 g/mol. The molecule has 1 nitrogen and oxygen atoms in total. The molecular weight excluding hydrogens is 319 g/mol. The molecule has 94 valence electrons. The Morgan fingerprint density at radius 3 is 2.50 bits per heavy atom. The highest BCUT2D eigenvalue weighted by Gasteiger charge is 2.12. The van der Waals surface area contributed by atoms with Crippen LogP contribution in [-0.2, 0) is 6.42 Å². The number of aliphatic hydroxyl groups excluding tert-OH is 1. The molecule has 1 atom stereocenters. The summed E-state index contributed by atoms with van der Waals surface area (Å²) >= 11 is 9.06. The molecule has 0 aliphatic heterocycles. The summed E-state index contributed by atoms with van der Waals surface area (Å²) in [7, 11) is 0. The van der Waals surface area contributed by atoms with Crippen LogP contribution in [0.15, 0.2) is 46.9 Å². The maximum Gasteiger partial charge on any atom is 0.126 e. The molecule has 0 bridgehead atoms. The van der Waals surface area contributed by atoms with Gasteiger partial charge < -0.3 is 5.11 Å². The molecule has 0 saturated carbocycles. The third-order valence-corrected chi connectivity index (χ3v) is 3.42. The predicted octanol–water partition coefficient (Wildman–Crippen LogP) is 4.52. The first-order valence-electron chi connectivity index (χ1n) is 5.44. The minimum Gasteiger partial charge on any atom is -0.388 e. The summed E-state index contributed by atoms with van der Waals surface area (Å²) in [5.41, 5.74) is 1.20. The molecule has 1 N–H and O–H groups in total. The molecule has 0 saturated heterocycles. The average molecular weight is 330 g/mol. The van der Waals surface area contributed by atoms with Crippen LogP contribution in [0, 0.1) is 5.82 Å². The summed E-state index contributed by atoms with van der Waals surface area (Å²) in [6, 6.07) is 11.6. The van der Waals surface area contributed by atoms with E-state index >= 15 is 0 Å². The van der Waals surface area contributed by atoms with E-state index in [-0.39, 0.29) is 12.2 Å². The van der Waals surface area contributed by atoms with Gasteiger partial charge in [-0.2, -0.15) is 0 Å². The van der Waals surface area contributed by atoms with Gasteiger partial charge in [-0.15, -0.1) is 0 Å². The van der Waals surface area contributed by atoms with E-state index < -0.39 is 6.10 Å². The van der Waals surface area contributed by atoms with Gasteiger partial charge in [-0.05, 0) is 41.5 Å². The molecular formula is C14H11BrClFO. The third-order valence-electron chi connectivity index (χ3n) is 2.68. The van der Waals surface area contributed by atoms with Crippen LogP contribution in [0.3, 0.4) is 0 Å². The molecule has 4 heteroatoms. The predicted molar refractivity (Wildman–Crippen MR) is 74.2 cm³/mol. The van der Waals surface area contributed by atoms with E-state index in [0.717, 1.165) is 10.0 Å². The highest BCUT2D eigenvalue weighted by molar-refractivity contribution is 9.10. The number of hydrogen-bond acceptors (Lipinski definition) is 1. The van der Waals surface area contributed by atoms with E-state index in [0.29, 0.717) is 10.6 Å². The second-order valence-corrected chi connectivity index (χ2v) is 5.36. The minimum atomic E-state index is -0.744. The van der Waals surface area contributed by atoms with Gasteiger partial charge in [0.15, 0.2) is 0 Å². The molecule has 0 aliphatic rings. The van der Waals surface area contributed by atoms with Crippen LogP contribution in [0.5, 0.6) is 0 Å². The lowest BCUT2D eigenvalue weighted by Gasteiger charge is -2.12. The lowest BCUT2D eigenvalue weighted by molar-refractivity contribution is 0.177. The van der Waals surface area contributed by atoms with Crippen molar-refractivity contribution in [3.63, 3.8) is 0 Å². The quantitative estimate of drug-likeness (QED) is 0.878. The summed E-state index contributed by atoms with van der Waals surface area (Å²) < 4.78 is 14.4. The molecule has 1 unspecified atom stereocenters. The van der Waals surface area contributed by atoms with E-state index in [2.05, 4.69) is 15.9 Å². The highest BCUT2D eigenvalue weighted by atomic mass is 79.9. The Morgan fingerprint density at radius 1 is 1.17 bits per heavy atom. The van der Waals surface area contributed by atoms with Crippen LogP contribution in [0.4, 0.5) is 4.39 Å². The van der Waals surface area contributed by atoms with E-state index in [9.17, 15) is 9.50 Å². The molecule has 2 rings (SSSR count). The molecule has 0 heterocycles. The highest BCUT2D eigenvalue weighted by Crippen LogP contribution is 2.23. The smallest absolute Gasteiger partial charge is 0.126 e. The van der Waals surface area contributed by atoms with Crippen molar-refractivity contribution in [1.29, 1.82) is 0 Å². The van der Waals surface area contributed by atoms with Gasteiger partial charge in [0, 0.05) is 15.9 Å². The summed E-state index contributed by atoms with van der Waals surface area (Å²) in [5, 5.41) is 10.7. The van der Waals surface area contributed by atoms with Crippen LogP contribution in [0.1, 0.15) is 17.2 Å². The molecule has 2 aromatic carbocycles. The van der Waals surface area contributed by atoms with Gasteiger partial charge in [-0.1, -0.05) is 39.7 Å². The van der Waals surface area contributed by atoms with Gasteiger partial charge in [-0.25, -0.2) is 4.39 Å². The summed E-state index contributed by atoms with van der Waals surface area (Å²) in [6.07, 6.45) is -0.515. The maximum atomic E-state index is 13.6. The zero-order valence-electron chi connectivity index (χ0n) is 9.41. The first-order chi connectivity index (χ1) is 8.56. The van der Waals surface area contributed by atoms with Crippen LogP contribution in [-0.4, -0.2) is 5.11 Å². The number of rotatable bonds is 3. The lowest BCUT2D eigenvalue weighted by Crippen LogP contribution is -2.03. The van der Waals surface area contributed by atoms with Crippen LogP contribution < -0.4 is 0 Å². The molecule has 0 amide bonds. The van der Waals surface area contributed by atoms with Gasteiger partial charge >= 0.3 is 0 Å². The molecule has 0 aromatic heterocycles. The summed E-state index contributed by atoms with van der Waals surface area (Å²) in [4.78, 5) is 0. The van der Waals surface area contributed by atoms with Crippen LogP contribution >= 0.6 is 27.5 Å². The number of halogens is 3. The fourth-order valence-electron chi connectivity index (χ4n) is 1.71. The molecule has 0 fully saturated rings. The van der Waals surface area contributed by atoms with Gasteiger partial charge in [0.25, 0.3) is 0 Å². The fraction of sp³-hybridized carbons (Fsp3) is 0.143. The summed E-state index contributed by atoms with van der Waals surface area (Å²) in [6.45, 7) is 0. The number of aliphatic hydroxyl groups is 1. The van der Waals surface area contributed by atoms with Crippen molar-refractivity contribution in [3.8, 4) is 0 Å². The van der Waals surface area contributed by atoms with Crippen molar-refractivity contribution in [2.45, 2.75) is 12.5 Å². The Hall–Kier alpha value is -0.900. The van der Waals surface area contributed by atoms with Crippen molar-refractivity contribution in [1.82, 2.24) is 0 Å². The van der Waals surface area contributed by atoms with E-state index in [4.69, 9.17) is 11.6 Å². The Bertz CT molecular complexity index is 542. The van der Waals surface area contributed by atoms with Crippen molar-refractivity contribution >= 4 is 27.5 Å². The zero-order valence-corrected chi connectivity index (χ0v) is 11.7. The topological polar surface area (TPSA) is 20.2 Å². The molecule has 0 spiro atoms. The number of benzene rings is 2. The normalized spacial score (nSPS) is 12.4. The van der Waals surface area contributed by atoms with E-state index in [1.807, 2.05) is 0 Å². The summed E-state index contributed by atoms with van der Waals surface area (Å²) in [5.74, 6) is -0.314. The van der Waals surface area contributed by atoms with Crippen molar-refractivity contribution < 1.29 is 9.50 Å². The van der Waals surface area contributed by atoms with Crippen molar-refractivity contribution in [3.05, 3.63) is 68.9 Å². The number of hydrogen-bond donors (Lipinski definition) is 1. The van der Waals surface area contributed by atoms with Gasteiger partial charge in [0.1, 0.15) is 5.82 Å². The van der Waals surface area contributed by atoms with Crippen molar-refractivity contribution in [2.75, 3.05) is 0 Å². The zero-order chi connectivity index (χ0) is 13.1. The second-order valence-electron chi connectivity index (χ2n) is 4.01. The van der Waals surface area contributed by atoms with Gasteiger partial charge in [0.05, 0.1) is 6.10 Å². The first kappa shape index (κ1) is 13.5. The maximum absolute atomic E-state index is 13.6. The van der Waals surface area contributed by atoms with Crippen LogP contribution in [0.25, 0.3) is 0 Å². The lowest BCUT2D eigenvalue weighted by atomic mass is 10.0. The largest absolute Gasteiger partial charge is 0.388 e. The Morgan fingerprint density at radius 2 is 1.83 bits per heavy atom. The minimum absolute atomic E-state index is 0.229. The van der Waals surface area contributed by atoms with Gasteiger partial charge in [-0.3, -0.25) is 0 Å². The van der Waals surface area contributed by atoms with E-state index in [1.165, 1.54) is 6.07 Å². The second kappa shape index (κ2) is 5.83. The Kier molecular flexibility index (Phi) is 4.38.